The van der Waals surface area contributed by atoms with Gasteiger partial charge >= 0.3 is 5.97 Å². The van der Waals surface area contributed by atoms with Gasteiger partial charge in [-0.3, -0.25) is 9.36 Å². The Morgan fingerprint density at radius 3 is 2.60 bits per heavy atom. The van der Waals surface area contributed by atoms with E-state index < -0.39 is 24.0 Å². The Labute approximate surface area is 147 Å². The molecule has 25 heavy (non-hydrogen) atoms. The van der Waals surface area contributed by atoms with Crippen LogP contribution in [0.5, 0.6) is 0 Å². The summed E-state index contributed by atoms with van der Waals surface area (Å²) < 4.78 is 10.8. The Bertz CT molecular complexity index is 759. The van der Waals surface area contributed by atoms with Crippen molar-refractivity contribution in [3.8, 4) is 0 Å². The molecule has 2 rings (SSSR count). The number of hydrogen-bond acceptors (Lipinski definition) is 3. The second kappa shape index (κ2) is 8.74. The van der Waals surface area contributed by atoms with E-state index in [1.807, 2.05) is 38.1 Å². The van der Waals surface area contributed by atoms with Crippen molar-refractivity contribution in [1.29, 1.82) is 0 Å². The van der Waals surface area contributed by atoms with E-state index in [9.17, 15) is 19.3 Å². The summed E-state index contributed by atoms with van der Waals surface area (Å²) in [4.78, 5) is 27.1. The van der Waals surface area contributed by atoms with Crippen LogP contribution in [-0.2, 0) is 20.6 Å². The molecule has 0 saturated carbocycles. The van der Waals surface area contributed by atoms with Gasteiger partial charge in [-0.15, -0.1) is 0 Å². The Kier molecular flexibility index (Phi) is 6.67. The van der Waals surface area contributed by atoms with E-state index >= 15 is 0 Å². The van der Waals surface area contributed by atoms with E-state index in [2.05, 4.69) is 15.4 Å². The number of H-pyrrole nitrogens is 1. The van der Waals surface area contributed by atoms with Crippen LogP contribution in [0.2, 0.25) is 0 Å². The maximum absolute atomic E-state index is 12.4. The van der Waals surface area contributed by atoms with Crippen LogP contribution < -0.4 is 10.4 Å². The molecule has 0 spiro atoms. The normalized spacial score (nSPS) is 13.9. The fourth-order valence-corrected chi connectivity index (χ4v) is 3.10. The number of carbonyl (C=O) groups excluding carboxylic acids is 1. The first-order valence-electron chi connectivity index (χ1n) is 8.08. The van der Waals surface area contributed by atoms with Crippen LogP contribution in [0.4, 0.5) is 0 Å². The minimum absolute atomic E-state index is 0.161. The Morgan fingerprint density at radius 1 is 1.24 bits per heavy atom. The maximum Gasteiger partial charge on any atom is 0.326 e. The summed E-state index contributed by atoms with van der Waals surface area (Å²) in [5.74, 6) is -1.38. The molecule has 1 aromatic carbocycles. The number of carboxylic acid groups (broad SMARTS) is 1. The molecule has 7 nitrogen and oxygen atoms in total. The molecule has 0 aliphatic carbocycles. The third kappa shape index (κ3) is 5.11. The van der Waals surface area contributed by atoms with E-state index in [1.165, 1.54) is 0 Å². The molecule has 0 saturated heterocycles. The second-order valence-electron chi connectivity index (χ2n) is 6.37. The van der Waals surface area contributed by atoms with Crippen molar-refractivity contribution in [1.82, 2.24) is 15.4 Å². The lowest BCUT2D eigenvalue weighted by Crippen LogP contribution is -2.49. The molecule has 4 N–H and O–H groups in total. The van der Waals surface area contributed by atoms with E-state index in [0.29, 0.717) is 6.42 Å². The molecular weight excluding hydrogens is 341 g/mol. The van der Waals surface area contributed by atoms with Gasteiger partial charge in [0.1, 0.15) is 6.04 Å². The van der Waals surface area contributed by atoms with Gasteiger partial charge in [-0.05, 0) is 24.0 Å². The average molecular weight is 363 g/mol. The second-order valence-corrected chi connectivity index (χ2v) is 6.81. The standard InChI is InChI=1S/C17H22N3O4P/c1-10(2)7-14(20-25-24)16(21)19-15(17(22)23)8-11-9-18-13-6-4-3-5-12(11)13/h3-6,9-10,14-15,18H,7-8H2,1-2H3,(H,19,21)(H,20,24)(H,22,23). The van der Waals surface area contributed by atoms with E-state index in [4.69, 9.17) is 0 Å². The van der Waals surface area contributed by atoms with Gasteiger partial charge in [-0.1, -0.05) is 32.0 Å². The number of nitrogens with one attached hydrogen (secondary N) is 3. The summed E-state index contributed by atoms with van der Waals surface area (Å²) in [7, 11) is -0.358. The van der Waals surface area contributed by atoms with Crippen LogP contribution in [0.15, 0.2) is 30.5 Å². The number of benzene rings is 1. The first-order chi connectivity index (χ1) is 11.9. The number of fused-ring (bicyclic) bond motifs is 1. The SMILES string of the molecule is CC(C)CC(NP=O)C(=O)NC(Cc1c[nH]c2ccccc12)C(=O)O. The fraction of sp³-hybridized carbons (Fsp3) is 0.412. The van der Waals surface area contributed by atoms with Gasteiger partial charge in [0.2, 0.25) is 14.5 Å². The Hall–Kier alpha value is -2.24. The molecule has 2 aromatic rings. The van der Waals surface area contributed by atoms with Gasteiger partial charge in [-0.25, -0.2) is 9.88 Å². The van der Waals surface area contributed by atoms with Crippen LogP contribution in [0.3, 0.4) is 0 Å². The molecule has 8 heteroatoms. The van der Waals surface area contributed by atoms with Crippen molar-refractivity contribution >= 4 is 31.4 Å². The molecule has 1 heterocycles. The third-order valence-corrected chi connectivity index (χ3v) is 4.36. The number of para-hydroxylation sites is 1. The quantitative estimate of drug-likeness (QED) is 0.512. The van der Waals surface area contributed by atoms with E-state index in [-0.39, 0.29) is 20.9 Å². The number of aromatic nitrogens is 1. The number of aromatic amines is 1. The van der Waals surface area contributed by atoms with Crippen molar-refractivity contribution in [3.63, 3.8) is 0 Å². The summed E-state index contributed by atoms with van der Waals surface area (Å²) in [6.45, 7) is 3.87. The van der Waals surface area contributed by atoms with Crippen molar-refractivity contribution in [3.05, 3.63) is 36.0 Å². The molecule has 0 bridgehead atoms. The van der Waals surface area contributed by atoms with Gasteiger partial charge in [-0.2, -0.15) is 0 Å². The van der Waals surface area contributed by atoms with Gasteiger partial charge in [0.05, 0.1) is 6.04 Å². The summed E-state index contributed by atoms with van der Waals surface area (Å²) in [6.07, 6.45) is 2.38. The smallest absolute Gasteiger partial charge is 0.326 e. The lowest BCUT2D eigenvalue weighted by Gasteiger charge is -2.20. The van der Waals surface area contributed by atoms with Crippen LogP contribution in [0.25, 0.3) is 10.9 Å². The molecule has 134 valence electrons. The predicted octanol–water partition coefficient (Wildman–Crippen LogP) is 2.49. The molecule has 0 aliphatic heterocycles. The number of amides is 1. The minimum atomic E-state index is -1.11. The zero-order valence-corrected chi connectivity index (χ0v) is 15.0. The Morgan fingerprint density at radius 2 is 1.96 bits per heavy atom. The first-order valence-corrected chi connectivity index (χ1v) is 8.89. The summed E-state index contributed by atoms with van der Waals surface area (Å²) >= 11 is 0. The molecule has 0 aliphatic rings. The van der Waals surface area contributed by atoms with E-state index in [0.717, 1.165) is 16.5 Å². The highest BCUT2D eigenvalue weighted by atomic mass is 31.1. The van der Waals surface area contributed by atoms with Gasteiger partial charge in [0, 0.05) is 23.5 Å². The monoisotopic (exact) mass is 363 g/mol. The van der Waals surface area contributed by atoms with Gasteiger partial charge < -0.3 is 15.4 Å². The zero-order chi connectivity index (χ0) is 18.4. The largest absolute Gasteiger partial charge is 0.480 e. The van der Waals surface area contributed by atoms with Crippen molar-refractivity contribution in [2.45, 2.75) is 38.8 Å². The van der Waals surface area contributed by atoms with Crippen molar-refractivity contribution in [2.24, 2.45) is 5.92 Å². The minimum Gasteiger partial charge on any atom is -0.480 e. The molecule has 0 fully saturated rings. The molecule has 1 amide bonds. The zero-order valence-electron chi connectivity index (χ0n) is 14.2. The predicted molar refractivity (Wildman–Crippen MR) is 95.6 cm³/mol. The number of carboxylic acids is 1. The average Bonchev–Trinajstić information content (AvgIpc) is 2.96. The summed E-state index contributed by atoms with van der Waals surface area (Å²) in [5.41, 5.74) is 1.73. The third-order valence-electron chi connectivity index (χ3n) is 3.95. The van der Waals surface area contributed by atoms with Gasteiger partial charge in [0.15, 0.2) is 0 Å². The van der Waals surface area contributed by atoms with Crippen molar-refractivity contribution in [2.75, 3.05) is 0 Å². The lowest BCUT2D eigenvalue weighted by molar-refractivity contribution is -0.142. The highest BCUT2D eigenvalue weighted by Crippen LogP contribution is 2.19. The van der Waals surface area contributed by atoms with E-state index in [1.54, 1.807) is 6.20 Å². The van der Waals surface area contributed by atoms with Crippen molar-refractivity contribution < 1.29 is 19.3 Å². The number of aliphatic carboxylic acids is 1. The van der Waals surface area contributed by atoms with Crippen LogP contribution >= 0.6 is 8.61 Å². The molecular formula is C17H22N3O4P. The van der Waals surface area contributed by atoms with Crippen LogP contribution in [0.1, 0.15) is 25.8 Å². The van der Waals surface area contributed by atoms with Gasteiger partial charge in [0.25, 0.3) is 0 Å². The number of rotatable bonds is 9. The lowest BCUT2D eigenvalue weighted by atomic mass is 10.0. The summed E-state index contributed by atoms with van der Waals surface area (Å²) in [5, 5.41) is 15.5. The first kappa shape index (κ1) is 19.1. The number of hydrogen-bond donors (Lipinski definition) is 4. The van der Waals surface area contributed by atoms with Crippen LogP contribution in [0, 0.1) is 5.92 Å². The molecule has 0 radical (unpaired) electrons. The topological polar surface area (TPSA) is 111 Å². The highest BCUT2D eigenvalue weighted by molar-refractivity contribution is 7.21. The molecule has 2 atom stereocenters. The summed E-state index contributed by atoms with van der Waals surface area (Å²) in [6, 6.07) is 5.81. The maximum atomic E-state index is 12.4. The number of carbonyl (C=O) groups is 2. The van der Waals surface area contributed by atoms with Crippen LogP contribution in [-0.4, -0.2) is 34.1 Å². The fourth-order valence-electron chi connectivity index (χ4n) is 2.75. The Balaban J connectivity index is 2.13. The highest BCUT2D eigenvalue weighted by Gasteiger charge is 2.26. The molecule has 1 aromatic heterocycles. The molecule has 2 unspecified atom stereocenters.